The number of likely N-dealkylation sites (N-methyl/N-ethyl adjacent to an activating group) is 1. The molecule has 0 aromatic heterocycles. The minimum atomic E-state index is -4.70. The molecule has 7 nitrogen and oxygen atoms in total. The molecule has 0 saturated carbocycles. The molecular weight excluding hydrogens is 509 g/mol. The Balaban J connectivity index is 1.84. The Morgan fingerprint density at radius 2 is 1.89 bits per heavy atom. The van der Waals surface area contributed by atoms with Gasteiger partial charge in [0.15, 0.2) is 0 Å². The molecule has 0 fully saturated rings. The average Bonchev–Trinajstić information content (AvgIpc) is 2.82. The maximum Gasteiger partial charge on any atom is 0.416 e. The molecule has 0 bridgehead atoms. The third-order valence-electron chi connectivity index (χ3n) is 6.73. The van der Waals surface area contributed by atoms with E-state index in [9.17, 15) is 31.5 Å². The predicted octanol–water partition coefficient (Wildman–Crippen LogP) is 5.17. The second-order valence-electron chi connectivity index (χ2n) is 9.83. The molecule has 0 spiro atoms. The van der Waals surface area contributed by atoms with Gasteiger partial charge in [-0.1, -0.05) is 12.1 Å². The van der Waals surface area contributed by atoms with Gasteiger partial charge in [-0.3, -0.25) is 9.10 Å². The van der Waals surface area contributed by atoms with Crippen LogP contribution >= 0.6 is 0 Å². The fourth-order valence-corrected chi connectivity index (χ4v) is 6.33. The van der Waals surface area contributed by atoms with E-state index in [0.29, 0.717) is 30.5 Å². The third-order valence-corrected chi connectivity index (χ3v) is 8.50. The van der Waals surface area contributed by atoms with Crippen LogP contribution in [0.15, 0.2) is 53.4 Å². The highest BCUT2D eigenvalue weighted by atomic mass is 32.2. The van der Waals surface area contributed by atoms with Crippen molar-refractivity contribution >= 4 is 32.9 Å². The highest BCUT2D eigenvalue weighted by Gasteiger charge is 2.38. The smallest absolute Gasteiger partial charge is 0.416 e. The predicted molar refractivity (Wildman–Crippen MR) is 134 cm³/mol. The SMILES string of the molecule is CN1c2ccc(C3=CC(C)(C)OCC3)cc2N(S(=O)(=O)c2cccc(C(F)(F)F)c2)C[C@@H]1CCC(=O)O. The monoisotopic (exact) mass is 538 g/mol. The van der Waals surface area contributed by atoms with E-state index in [1.807, 2.05) is 30.9 Å². The number of aliphatic carboxylic acids is 1. The topological polar surface area (TPSA) is 87.2 Å². The van der Waals surface area contributed by atoms with Gasteiger partial charge >= 0.3 is 12.1 Å². The highest BCUT2D eigenvalue weighted by molar-refractivity contribution is 7.92. The molecule has 0 amide bonds. The molecule has 4 rings (SSSR count). The van der Waals surface area contributed by atoms with Gasteiger partial charge in [-0.05, 0) is 74.2 Å². The highest BCUT2D eigenvalue weighted by Crippen LogP contribution is 2.42. The number of carboxylic acids is 1. The number of fused-ring (bicyclic) bond motifs is 1. The number of ether oxygens (including phenoxy) is 1. The molecular formula is C26H29F3N2O5S. The first-order valence-corrected chi connectivity index (χ1v) is 13.3. The second kappa shape index (κ2) is 9.68. The summed E-state index contributed by atoms with van der Waals surface area (Å²) in [7, 11) is -2.65. The summed E-state index contributed by atoms with van der Waals surface area (Å²) >= 11 is 0. The van der Waals surface area contributed by atoms with E-state index in [1.165, 1.54) is 0 Å². The lowest BCUT2D eigenvalue weighted by Gasteiger charge is -2.42. The van der Waals surface area contributed by atoms with Crippen LogP contribution in [0.25, 0.3) is 5.57 Å². The second-order valence-corrected chi connectivity index (χ2v) is 11.7. The number of alkyl halides is 3. The molecule has 2 aromatic carbocycles. The quantitative estimate of drug-likeness (QED) is 0.547. The Labute approximate surface area is 214 Å². The fourth-order valence-electron chi connectivity index (χ4n) is 4.78. The third kappa shape index (κ3) is 5.62. The van der Waals surface area contributed by atoms with Gasteiger partial charge in [0.1, 0.15) is 0 Å². The van der Waals surface area contributed by atoms with Crippen LogP contribution < -0.4 is 9.21 Å². The summed E-state index contributed by atoms with van der Waals surface area (Å²) in [5, 5.41) is 9.19. The number of hydrogen-bond acceptors (Lipinski definition) is 5. The Kier molecular flexibility index (Phi) is 7.06. The lowest BCUT2D eigenvalue weighted by Crippen LogP contribution is -2.49. The Morgan fingerprint density at radius 3 is 2.54 bits per heavy atom. The van der Waals surface area contributed by atoms with Crippen molar-refractivity contribution in [2.24, 2.45) is 0 Å². The Hall–Kier alpha value is -3.05. The molecule has 0 aliphatic carbocycles. The van der Waals surface area contributed by atoms with Crippen LogP contribution in [-0.4, -0.2) is 51.3 Å². The van der Waals surface area contributed by atoms with Crippen LogP contribution in [0.1, 0.15) is 44.2 Å². The van der Waals surface area contributed by atoms with Gasteiger partial charge in [-0.15, -0.1) is 0 Å². The van der Waals surface area contributed by atoms with Crippen molar-refractivity contribution in [3.8, 4) is 0 Å². The number of benzene rings is 2. The van der Waals surface area contributed by atoms with Gasteiger partial charge in [0, 0.05) is 19.5 Å². The van der Waals surface area contributed by atoms with E-state index in [0.717, 1.165) is 33.6 Å². The van der Waals surface area contributed by atoms with E-state index >= 15 is 0 Å². The standard InChI is InChI=1S/C26H29F3N2O5S/c1-25(2)15-18(11-12-36-25)17-7-9-22-23(13-17)31(16-20(30(22)3)8-10-24(32)33)37(34,35)21-6-4-5-19(14-21)26(27,28)29/h4-7,9,13-15,20H,8,10-12,16H2,1-3H3,(H,32,33)/t20-/m0/s1. The normalized spacial score (nSPS) is 19.8. The summed E-state index contributed by atoms with van der Waals surface area (Å²) in [5.74, 6) is -1.02. The van der Waals surface area contributed by atoms with Crippen LogP contribution in [0.2, 0.25) is 0 Å². The van der Waals surface area contributed by atoms with Crippen LogP contribution in [0.5, 0.6) is 0 Å². The first-order chi connectivity index (χ1) is 17.2. The Morgan fingerprint density at radius 1 is 1.16 bits per heavy atom. The molecule has 0 radical (unpaired) electrons. The largest absolute Gasteiger partial charge is 0.481 e. The molecule has 1 N–H and O–H groups in total. The summed E-state index contributed by atoms with van der Waals surface area (Å²) in [6, 6.07) is 8.56. The van der Waals surface area contributed by atoms with Crippen molar-refractivity contribution < 1.29 is 36.2 Å². The van der Waals surface area contributed by atoms with Crippen molar-refractivity contribution in [3.63, 3.8) is 0 Å². The van der Waals surface area contributed by atoms with Gasteiger partial charge < -0.3 is 14.7 Å². The molecule has 200 valence electrons. The van der Waals surface area contributed by atoms with Crippen molar-refractivity contribution in [3.05, 3.63) is 59.7 Å². The summed E-state index contributed by atoms with van der Waals surface area (Å²) in [6.07, 6.45) is -2.11. The maximum absolute atomic E-state index is 13.8. The van der Waals surface area contributed by atoms with Crippen molar-refractivity contribution in [2.45, 2.75) is 55.8 Å². The van der Waals surface area contributed by atoms with E-state index in [4.69, 9.17) is 4.74 Å². The van der Waals surface area contributed by atoms with Crippen LogP contribution in [0, 0.1) is 0 Å². The molecule has 11 heteroatoms. The first kappa shape index (κ1) is 27.0. The zero-order chi connectivity index (χ0) is 27.2. The Bertz CT molecular complexity index is 1340. The fraction of sp³-hybridized carbons (Fsp3) is 0.423. The average molecular weight is 539 g/mol. The number of sulfonamides is 1. The zero-order valence-corrected chi connectivity index (χ0v) is 21.6. The molecule has 0 saturated heterocycles. The lowest BCUT2D eigenvalue weighted by molar-refractivity contribution is -0.138. The number of rotatable bonds is 6. The number of anilines is 2. The van der Waals surface area contributed by atoms with Crippen LogP contribution in [0.3, 0.4) is 0 Å². The van der Waals surface area contributed by atoms with E-state index < -0.39 is 44.3 Å². The van der Waals surface area contributed by atoms with Crippen molar-refractivity contribution in [1.29, 1.82) is 0 Å². The molecule has 2 heterocycles. The number of carboxylic acid groups (broad SMARTS) is 1. The molecule has 1 atom stereocenters. The zero-order valence-electron chi connectivity index (χ0n) is 20.7. The summed E-state index contributed by atoms with van der Waals surface area (Å²) in [4.78, 5) is 12.6. The van der Waals surface area contributed by atoms with E-state index in [-0.39, 0.29) is 19.4 Å². The minimum absolute atomic E-state index is 0.105. The van der Waals surface area contributed by atoms with E-state index in [2.05, 4.69) is 0 Å². The van der Waals surface area contributed by atoms with Crippen LogP contribution in [-0.2, 0) is 25.7 Å². The molecule has 2 aromatic rings. The summed E-state index contributed by atoms with van der Waals surface area (Å²) < 4.78 is 74.5. The van der Waals surface area contributed by atoms with Crippen molar-refractivity contribution in [2.75, 3.05) is 29.4 Å². The molecule has 37 heavy (non-hydrogen) atoms. The summed E-state index contributed by atoms with van der Waals surface area (Å²) in [6.45, 7) is 4.25. The van der Waals surface area contributed by atoms with Gasteiger partial charge in [-0.2, -0.15) is 13.2 Å². The van der Waals surface area contributed by atoms with Gasteiger partial charge in [0.2, 0.25) is 0 Å². The van der Waals surface area contributed by atoms with Crippen molar-refractivity contribution in [1.82, 2.24) is 0 Å². The van der Waals surface area contributed by atoms with Gasteiger partial charge in [-0.25, -0.2) is 8.42 Å². The van der Waals surface area contributed by atoms with Crippen LogP contribution in [0.4, 0.5) is 24.5 Å². The van der Waals surface area contributed by atoms with Gasteiger partial charge in [0.05, 0.1) is 40.6 Å². The minimum Gasteiger partial charge on any atom is -0.481 e. The molecule has 0 unspecified atom stereocenters. The maximum atomic E-state index is 13.8. The number of carbonyl (C=O) groups is 1. The number of nitrogens with zero attached hydrogens (tertiary/aromatic N) is 2. The lowest BCUT2D eigenvalue weighted by atomic mass is 9.93. The summed E-state index contributed by atoms with van der Waals surface area (Å²) in [5.41, 5.74) is 1.09. The number of halogens is 3. The van der Waals surface area contributed by atoms with E-state index in [1.54, 1.807) is 19.2 Å². The molecule has 2 aliphatic rings. The molecule has 2 aliphatic heterocycles. The number of hydrogen-bond donors (Lipinski definition) is 1. The van der Waals surface area contributed by atoms with Gasteiger partial charge in [0.25, 0.3) is 10.0 Å². The first-order valence-electron chi connectivity index (χ1n) is 11.8.